The molecule has 2 unspecified atom stereocenters. The van der Waals surface area contributed by atoms with Crippen LogP contribution >= 0.6 is 7.37 Å². The van der Waals surface area contributed by atoms with Crippen LogP contribution in [0.3, 0.4) is 0 Å². The highest BCUT2D eigenvalue weighted by molar-refractivity contribution is 7.62. The van der Waals surface area contributed by atoms with Gasteiger partial charge in [0.1, 0.15) is 11.4 Å². The van der Waals surface area contributed by atoms with Gasteiger partial charge in [0, 0.05) is 6.42 Å². The standard InChI is InChI=1S/C19H36NO5PSi2/c1-27(2,3)24-19(21)18(15-17-11-10-14-23-17)26(22,25-28(4,5)6)16-20-12-8-7-9-13-20/h10-11,14,18H,7-9,12-13,15-16H2,1-6H3. The van der Waals surface area contributed by atoms with Crippen LogP contribution in [0.4, 0.5) is 0 Å². The van der Waals surface area contributed by atoms with Crippen LogP contribution in [0.5, 0.6) is 0 Å². The van der Waals surface area contributed by atoms with Crippen molar-refractivity contribution < 1.29 is 22.4 Å². The number of rotatable bonds is 9. The van der Waals surface area contributed by atoms with E-state index in [9.17, 15) is 9.36 Å². The third-order valence-corrected chi connectivity index (χ3v) is 10.8. The lowest BCUT2D eigenvalue weighted by atomic mass is 10.1. The molecule has 160 valence electrons. The van der Waals surface area contributed by atoms with Gasteiger partial charge in [0.15, 0.2) is 8.32 Å². The minimum absolute atomic E-state index is 0.242. The van der Waals surface area contributed by atoms with E-state index in [1.54, 1.807) is 12.3 Å². The Morgan fingerprint density at radius 2 is 1.79 bits per heavy atom. The second kappa shape index (κ2) is 9.43. The van der Waals surface area contributed by atoms with Crippen molar-refractivity contribution in [1.29, 1.82) is 0 Å². The molecule has 0 N–H and O–H groups in total. The molecule has 1 aliphatic heterocycles. The molecule has 2 atom stereocenters. The van der Waals surface area contributed by atoms with Crippen molar-refractivity contribution >= 4 is 30.0 Å². The van der Waals surface area contributed by atoms with Crippen molar-refractivity contribution in [3.05, 3.63) is 24.2 Å². The fraction of sp³-hybridized carbons (Fsp3) is 0.737. The summed E-state index contributed by atoms with van der Waals surface area (Å²) in [5.41, 5.74) is -0.834. The summed E-state index contributed by atoms with van der Waals surface area (Å²) in [6.45, 7) is 13.7. The lowest BCUT2D eigenvalue weighted by Gasteiger charge is -2.37. The molecular weight excluding hydrogens is 409 g/mol. The lowest BCUT2D eigenvalue weighted by Crippen LogP contribution is -2.41. The molecule has 0 aromatic carbocycles. The van der Waals surface area contributed by atoms with Gasteiger partial charge in [0.25, 0.3) is 0 Å². The van der Waals surface area contributed by atoms with Crippen LogP contribution in [-0.2, 0) is 24.4 Å². The maximum atomic E-state index is 14.3. The summed E-state index contributed by atoms with van der Waals surface area (Å²) < 4.78 is 31.9. The molecule has 0 radical (unpaired) electrons. The molecule has 1 aliphatic rings. The minimum atomic E-state index is -3.33. The van der Waals surface area contributed by atoms with Gasteiger partial charge in [-0.1, -0.05) is 6.42 Å². The smallest absolute Gasteiger partial charge is 0.305 e. The molecule has 6 nitrogen and oxygen atoms in total. The number of furan rings is 1. The Balaban J connectivity index is 2.36. The Kier molecular flexibility index (Phi) is 7.95. The highest BCUT2D eigenvalue weighted by Gasteiger charge is 2.46. The topological polar surface area (TPSA) is 69.0 Å². The molecule has 1 aromatic heterocycles. The van der Waals surface area contributed by atoms with Crippen molar-refractivity contribution in [3.8, 4) is 0 Å². The Morgan fingerprint density at radius 1 is 1.14 bits per heavy atom. The van der Waals surface area contributed by atoms with E-state index in [2.05, 4.69) is 4.90 Å². The first kappa shape index (κ1) is 23.6. The largest absolute Gasteiger partial charge is 0.519 e. The zero-order valence-corrected chi connectivity index (χ0v) is 21.1. The highest BCUT2D eigenvalue weighted by Crippen LogP contribution is 2.56. The Bertz CT molecular complexity index is 675. The monoisotopic (exact) mass is 445 g/mol. The van der Waals surface area contributed by atoms with Crippen LogP contribution in [0.1, 0.15) is 25.0 Å². The van der Waals surface area contributed by atoms with E-state index in [-0.39, 0.29) is 6.42 Å². The van der Waals surface area contributed by atoms with Crippen LogP contribution in [0.25, 0.3) is 0 Å². The molecule has 28 heavy (non-hydrogen) atoms. The van der Waals surface area contributed by atoms with Crippen LogP contribution in [0.15, 0.2) is 22.8 Å². The molecule has 1 saturated heterocycles. The molecule has 0 spiro atoms. The number of piperidine rings is 1. The van der Waals surface area contributed by atoms with Gasteiger partial charge < -0.3 is 13.1 Å². The summed E-state index contributed by atoms with van der Waals surface area (Å²) in [6, 6.07) is 3.60. The minimum Gasteiger partial charge on any atom is -0.519 e. The van der Waals surface area contributed by atoms with Crippen molar-refractivity contribution in [1.82, 2.24) is 4.90 Å². The van der Waals surface area contributed by atoms with Gasteiger partial charge in [-0.3, -0.25) is 14.3 Å². The first-order valence-corrected chi connectivity index (χ1v) is 18.8. The molecule has 1 fully saturated rings. The first-order chi connectivity index (χ1) is 12.9. The summed E-state index contributed by atoms with van der Waals surface area (Å²) in [6.07, 6.45) is 5.51. The second-order valence-electron chi connectivity index (χ2n) is 9.58. The van der Waals surface area contributed by atoms with Gasteiger partial charge in [-0.2, -0.15) is 0 Å². The number of likely N-dealkylation sites (tertiary alicyclic amines) is 1. The van der Waals surface area contributed by atoms with Gasteiger partial charge >= 0.3 is 5.97 Å². The van der Waals surface area contributed by atoms with E-state index in [0.717, 1.165) is 25.9 Å². The zero-order valence-electron chi connectivity index (χ0n) is 18.2. The van der Waals surface area contributed by atoms with Crippen LogP contribution < -0.4 is 0 Å². The number of hydrogen-bond acceptors (Lipinski definition) is 6. The lowest BCUT2D eigenvalue weighted by molar-refractivity contribution is -0.134. The predicted molar refractivity (Wildman–Crippen MR) is 118 cm³/mol. The van der Waals surface area contributed by atoms with E-state index in [1.807, 2.05) is 45.3 Å². The van der Waals surface area contributed by atoms with Crippen LogP contribution in [-0.4, -0.2) is 52.5 Å². The maximum Gasteiger partial charge on any atom is 0.305 e. The van der Waals surface area contributed by atoms with E-state index in [0.29, 0.717) is 12.0 Å². The van der Waals surface area contributed by atoms with Crippen LogP contribution in [0.2, 0.25) is 39.3 Å². The average molecular weight is 446 g/mol. The number of nitrogens with zero attached hydrogens (tertiary/aromatic N) is 1. The zero-order chi connectivity index (χ0) is 21.0. The molecule has 0 saturated carbocycles. The SMILES string of the molecule is C[Si](C)(C)OC(=O)C(Cc1ccco1)P(=O)(CN1CCCCC1)O[Si](C)(C)C. The maximum absolute atomic E-state index is 14.3. The fourth-order valence-corrected chi connectivity index (χ4v) is 10.6. The molecule has 0 aliphatic carbocycles. The summed E-state index contributed by atoms with van der Waals surface area (Å²) in [4.78, 5) is 15.4. The molecule has 2 rings (SSSR count). The summed E-state index contributed by atoms with van der Waals surface area (Å²) in [7, 11) is -7.62. The van der Waals surface area contributed by atoms with E-state index in [1.165, 1.54) is 6.42 Å². The second-order valence-corrected chi connectivity index (χ2v) is 21.3. The summed E-state index contributed by atoms with van der Waals surface area (Å²) in [5, 5.41) is 0. The highest BCUT2D eigenvalue weighted by atomic mass is 31.2. The van der Waals surface area contributed by atoms with Gasteiger partial charge in [0.05, 0.1) is 12.5 Å². The molecular formula is C19H36NO5PSi2. The van der Waals surface area contributed by atoms with Crippen molar-refractivity contribution in [2.75, 3.05) is 19.4 Å². The van der Waals surface area contributed by atoms with Gasteiger partial charge in [-0.25, -0.2) is 0 Å². The Hall–Kier alpha value is -0.666. The van der Waals surface area contributed by atoms with Crippen LogP contribution in [0, 0.1) is 0 Å². The summed E-state index contributed by atoms with van der Waals surface area (Å²) >= 11 is 0. The molecule has 0 amide bonds. The van der Waals surface area contributed by atoms with E-state index < -0.39 is 35.6 Å². The molecule has 0 bridgehead atoms. The Morgan fingerprint density at radius 3 is 2.29 bits per heavy atom. The van der Waals surface area contributed by atoms with Gasteiger partial charge in [-0.15, -0.1) is 0 Å². The summed E-state index contributed by atoms with van der Waals surface area (Å²) in [5.74, 6) is 0.227. The molecule has 2 heterocycles. The number of hydrogen-bond donors (Lipinski definition) is 0. The van der Waals surface area contributed by atoms with Gasteiger partial charge in [-0.05, 0) is 77.3 Å². The fourth-order valence-electron chi connectivity index (χ4n) is 3.41. The quantitative estimate of drug-likeness (QED) is 0.387. The van der Waals surface area contributed by atoms with Crippen molar-refractivity contribution in [3.63, 3.8) is 0 Å². The number of carbonyl (C=O) groups is 1. The molecule has 1 aromatic rings. The van der Waals surface area contributed by atoms with E-state index >= 15 is 0 Å². The van der Waals surface area contributed by atoms with E-state index in [4.69, 9.17) is 13.1 Å². The van der Waals surface area contributed by atoms with Crippen molar-refractivity contribution in [2.24, 2.45) is 0 Å². The third kappa shape index (κ3) is 7.63. The number of carbonyl (C=O) groups excluding carboxylic acids is 1. The van der Waals surface area contributed by atoms with Gasteiger partial charge in [0.2, 0.25) is 15.7 Å². The Labute approximate surface area is 171 Å². The van der Waals surface area contributed by atoms with Crippen molar-refractivity contribution in [2.45, 2.75) is 70.6 Å². The first-order valence-electron chi connectivity index (χ1n) is 10.2. The normalized spacial score (nSPS) is 19.8. The predicted octanol–water partition coefficient (Wildman–Crippen LogP) is 5.14. The third-order valence-electron chi connectivity index (χ3n) is 4.40. The average Bonchev–Trinajstić information content (AvgIpc) is 3.03. The molecule has 9 heteroatoms.